The topological polar surface area (TPSA) is 139 Å². The Morgan fingerprint density at radius 3 is 1.70 bits per heavy atom. The summed E-state index contributed by atoms with van der Waals surface area (Å²) in [5.41, 5.74) is 13.6. The van der Waals surface area contributed by atoms with E-state index in [1.807, 2.05) is 91.0 Å². The molecular weight excluding hydrogens is 466 g/mol. The molecule has 0 spiro atoms. The molecule has 3 aromatic rings. The first-order valence-electron chi connectivity index (χ1n) is 12.1. The van der Waals surface area contributed by atoms with Gasteiger partial charge >= 0.3 is 5.97 Å². The van der Waals surface area contributed by atoms with Gasteiger partial charge < -0.3 is 27.0 Å². The minimum Gasteiger partial charge on any atom is -0.481 e. The average molecular weight is 498 g/mol. The number of aliphatic carboxylic acids is 1. The maximum absolute atomic E-state index is 12.2. The Morgan fingerprint density at radius 2 is 1.35 bits per heavy atom. The number of amides is 1. The first-order chi connectivity index (χ1) is 17.8. The second-order valence-electron chi connectivity index (χ2n) is 9.28. The van der Waals surface area contributed by atoms with Crippen LogP contribution in [0.1, 0.15) is 23.1 Å². The van der Waals surface area contributed by atoms with Gasteiger partial charge in [0.1, 0.15) is 5.54 Å². The van der Waals surface area contributed by atoms with E-state index >= 15 is 0 Å². The van der Waals surface area contributed by atoms with E-state index in [1.54, 1.807) is 18.2 Å². The normalized spacial score (nSPS) is 20.1. The second-order valence-corrected chi connectivity index (χ2v) is 9.28. The summed E-state index contributed by atoms with van der Waals surface area (Å²) in [5.74, 6) is -3.20. The number of aliphatic hydroxyl groups is 1. The lowest BCUT2D eigenvalue weighted by atomic mass is 9.66. The summed E-state index contributed by atoms with van der Waals surface area (Å²) < 4.78 is 0. The Bertz CT molecular complexity index is 1200. The zero-order chi connectivity index (χ0) is 26.5. The fraction of sp³-hybridized carbons (Fsp3) is 0.200. The number of hydrogen-bond acceptors (Lipinski definition) is 5. The zero-order valence-corrected chi connectivity index (χ0v) is 20.3. The van der Waals surface area contributed by atoms with Gasteiger partial charge in [0.15, 0.2) is 0 Å². The summed E-state index contributed by atoms with van der Waals surface area (Å²) in [5, 5.41) is 23.4. The van der Waals surface area contributed by atoms with Gasteiger partial charge in [-0.15, -0.1) is 0 Å². The third-order valence-electron chi connectivity index (χ3n) is 7.15. The number of allylic oxidation sites excluding steroid dienone is 1. The van der Waals surface area contributed by atoms with Crippen LogP contribution in [0, 0.1) is 11.3 Å². The first kappa shape index (κ1) is 25.9. The largest absolute Gasteiger partial charge is 0.481 e. The van der Waals surface area contributed by atoms with Gasteiger partial charge in [0, 0.05) is 17.2 Å². The maximum atomic E-state index is 12.2. The van der Waals surface area contributed by atoms with Crippen molar-refractivity contribution in [1.29, 1.82) is 0 Å². The summed E-state index contributed by atoms with van der Waals surface area (Å²) in [6, 6.07) is 29.2. The third-order valence-corrected chi connectivity index (χ3v) is 7.15. The second kappa shape index (κ2) is 10.8. The number of nitrogens with one attached hydrogen (secondary N) is 1. The molecule has 0 saturated carbocycles. The van der Waals surface area contributed by atoms with Crippen molar-refractivity contribution in [2.45, 2.75) is 18.0 Å². The van der Waals surface area contributed by atoms with Crippen LogP contribution in [-0.4, -0.2) is 34.7 Å². The molecular formula is C30H31N3O4. The number of nitrogens with two attached hydrogens (primary N) is 2. The van der Waals surface area contributed by atoms with Crippen LogP contribution in [0.5, 0.6) is 0 Å². The van der Waals surface area contributed by atoms with Gasteiger partial charge in [-0.05, 0) is 28.8 Å². The Kier molecular flexibility index (Phi) is 7.57. The molecule has 0 saturated heterocycles. The van der Waals surface area contributed by atoms with E-state index in [1.165, 1.54) is 0 Å². The summed E-state index contributed by atoms with van der Waals surface area (Å²) in [6.07, 6.45) is 4.54. The van der Waals surface area contributed by atoms with Crippen molar-refractivity contribution in [3.8, 4) is 0 Å². The summed E-state index contributed by atoms with van der Waals surface area (Å²) in [7, 11) is 0. The standard InChI is InChI=1S/C30H31N3O4/c31-26-18-24(16-17-29(26,20-34)25(28(32)37)19-27(35)36)33-30(21-10-4-1-5-11-21,22-12-6-2-7-13-22)23-14-8-3-9-15-23/h1-18,25-26,33-34H,19-20,31H2,(H2,32,37)(H,35,36)/t25-,26?,29?/m0/s1. The number of aliphatic hydroxyl groups excluding tert-OH is 1. The van der Waals surface area contributed by atoms with Crippen molar-refractivity contribution in [3.63, 3.8) is 0 Å². The van der Waals surface area contributed by atoms with Gasteiger partial charge in [0.05, 0.1) is 18.9 Å². The summed E-state index contributed by atoms with van der Waals surface area (Å²) >= 11 is 0. The zero-order valence-electron chi connectivity index (χ0n) is 20.3. The molecule has 7 N–H and O–H groups in total. The van der Waals surface area contributed by atoms with Crippen molar-refractivity contribution in [2.75, 3.05) is 6.61 Å². The lowest BCUT2D eigenvalue weighted by Crippen LogP contribution is -2.54. The molecule has 3 aromatic carbocycles. The minimum absolute atomic E-state index is 0.531. The molecule has 0 radical (unpaired) electrons. The van der Waals surface area contributed by atoms with Gasteiger partial charge in [-0.2, -0.15) is 0 Å². The van der Waals surface area contributed by atoms with E-state index in [2.05, 4.69) is 5.32 Å². The number of carbonyl (C=O) groups is 2. The fourth-order valence-corrected chi connectivity index (χ4v) is 5.19. The number of primary amides is 1. The van der Waals surface area contributed by atoms with E-state index in [9.17, 15) is 19.8 Å². The Morgan fingerprint density at radius 1 is 0.892 bits per heavy atom. The van der Waals surface area contributed by atoms with Crippen LogP contribution in [0.25, 0.3) is 0 Å². The maximum Gasteiger partial charge on any atom is 0.304 e. The predicted octanol–water partition coefficient (Wildman–Crippen LogP) is 2.90. The molecule has 0 aromatic heterocycles. The number of carbonyl (C=O) groups excluding carboxylic acids is 1. The van der Waals surface area contributed by atoms with Gasteiger partial charge in [0.2, 0.25) is 5.91 Å². The smallest absolute Gasteiger partial charge is 0.304 e. The molecule has 1 amide bonds. The lowest BCUT2D eigenvalue weighted by Gasteiger charge is -2.43. The number of hydrogen-bond donors (Lipinski definition) is 5. The Hall–Kier alpha value is -4.20. The van der Waals surface area contributed by atoms with Crippen molar-refractivity contribution in [2.24, 2.45) is 22.8 Å². The molecule has 4 rings (SSSR count). The highest BCUT2D eigenvalue weighted by Gasteiger charge is 2.47. The molecule has 0 heterocycles. The fourth-order valence-electron chi connectivity index (χ4n) is 5.19. The number of rotatable bonds is 10. The molecule has 190 valence electrons. The van der Waals surface area contributed by atoms with Crippen LogP contribution in [0.2, 0.25) is 0 Å². The van der Waals surface area contributed by atoms with Crippen LogP contribution in [0.3, 0.4) is 0 Å². The molecule has 0 fully saturated rings. The molecule has 37 heavy (non-hydrogen) atoms. The van der Waals surface area contributed by atoms with Crippen molar-refractivity contribution in [3.05, 3.63) is 132 Å². The highest BCUT2D eigenvalue weighted by molar-refractivity contribution is 5.83. The molecule has 0 aliphatic heterocycles. The van der Waals surface area contributed by atoms with Crippen LogP contribution >= 0.6 is 0 Å². The van der Waals surface area contributed by atoms with Crippen molar-refractivity contribution in [1.82, 2.24) is 5.32 Å². The van der Waals surface area contributed by atoms with E-state index < -0.39 is 47.8 Å². The van der Waals surface area contributed by atoms with E-state index in [4.69, 9.17) is 11.5 Å². The average Bonchev–Trinajstić information content (AvgIpc) is 2.92. The van der Waals surface area contributed by atoms with Gasteiger partial charge in [0.25, 0.3) is 0 Å². The van der Waals surface area contributed by atoms with Crippen molar-refractivity contribution < 1.29 is 19.8 Å². The van der Waals surface area contributed by atoms with Crippen LogP contribution in [0.15, 0.2) is 115 Å². The Balaban J connectivity index is 1.84. The lowest BCUT2D eigenvalue weighted by molar-refractivity contribution is -0.143. The third kappa shape index (κ3) is 4.91. The van der Waals surface area contributed by atoms with Crippen LogP contribution in [0.4, 0.5) is 0 Å². The predicted molar refractivity (Wildman–Crippen MR) is 142 cm³/mol. The highest BCUT2D eigenvalue weighted by atomic mass is 16.4. The molecule has 3 atom stereocenters. The number of carboxylic acid groups (broad SMARTS) is 1. The monoisotopic (exact) mass is 497 g/mol. The van der Waals surface area contributed by atoms with Crippen LogP contribution < -0.4 is 16.8 Å². The molecule has 2 unspecified atom stereocenters. The van der Waals surface area contributed by atoms with E-state index in [-0.39, 0.29) is 0 Å². The quantitative estimate of drug-likeness (QED) is 0.273. The van der Waals surface area contributed by atoms with Gasteiger partial charge in [-0.1, -0.05) is 97.1 Å². The van der Waals surface area contributed by atoms with Gasteiger partial charge in [-0.3, -0.25) is 9.59 Å². The molecule has 7 nitrogen and oxygen atoms in total. The number of carboxylic acids is 1. The van der Waals surface area contributed by atoms with Gasteiger partial charge in [-0.25, -0.2) is 0 Å². The van der Waals surface area contributed by atoms with E-state index in [0.717, 1.165) is 16.7 Å². The molecule has 0 bridgehead atoms. The summed E-state index contributed by atoms with van der Waals surface area (Å²) in [6.45, 7) is -0.531. The first-order valence-corrected chi connectivity index (χ1v) is 12.1. The van der Waals surface area contributed by atoms with Crippen molar-refractivity contribution >= 4 is 11.9 Å². The number of benzene rings is 3. The molecule has 1 aliphatic carbocycles. The highest BCUT2D eigenvalue weighted by Crippen LogP contribution is 2.41. The molecule has 7 heteroatoms. The van der Waals surface area contributed by atoms with E-state index in [0.29, 0.717) is 5.70 Å². The molecule has 1 aliphatic rings. The summed E-state index contributed by atoms with van der Waals surface area (Å²) in [4.78, 5) is 23.7. The minimum atomic E-state index is -1.34. The Labute approximate surface area is 216 Å². The SMILES string of the molecule is NC(=O)[C@H](CC(=O)O)C1(CO)C=CC(NC(c2ccccc2)(c2ccccc2)c2ccccc2)=CC1N. The van der Waals surface area contributed by atoms with Crippen LogP contribution in [-0.2, 0) is 15.1 Å².